The van der Waals surface area contributed by atoms with E-state index in [1.54, 1.807) is 41.3 Å². The summed E-state index contributed by atoms with van der Waals surface area (Å²) in [6.45, 7) is 4.28. The molecular weight excluding hydrogens is 438 g/mol. The molecule has 2 heterocycles. The van der Waals surface area contributed by atoms with E-state index in [-0.39, 0.29) is 23.6 Å². The predicted molar refractivity (Wildman–Crippen MR) is 128 cm³/mol. The van der Waals surface area contributed by atoms with Crippen molar-refractivity contribution in [2.75, 3.05) is 6.61 Å². The summed E-state index contributed by atoms with van der Waals surface area (Å²) in [5.41, 5.74) is 2.08. The SMILES string of the molecule is C=CCOc1ccc(C2c3c(oc4ccccc4c3=O)C(=O)N2Cc2ccccc2Cl)cc1. The van der Waals surface area contributed by atoms with Crippen LogP contribution in [0.15, 0.2) is 94.7 Å². The summed E-state index contributed by atoms with van der Waals surface area (Å²) in [7, 11) is 0. The quantitative estimate of drug-likeness (QED) is 0.345. The van der Waals surface area contributed by atoms with E-state index >= 15 is 0 Å². The third-order valence-corrected chi connectivity index (χ3v) is 6.10. The Bertz CT molecular complexity index is 1420. The van der Waals surface area contributed by atoms with Crippen LogP contribution in [-0.2, 0) is 6.54 Å². The van der Waals surface area contributed by atoms with Gasteiger partial charge in [-0.15, -0.1) is 0 Å². The highest BCUT2D eigenvalue weighted by Crippen LogP contribution is 2.40. The van der Waals surface area contributed by atoms with Gasteiger partial charge in [0.2, 0.25) is 5.76 Å². The molecule has 0 spiro atoms. The van der Waals surface area contributed by atoms with E-state index in [0.717, 1.165) is 11.1 Å². The molecule has 164 valence electrons. The second-order valence-corrected chi connectivity index (χ2v) is 8.17. The minimum Gasteiger partial charge on any atom is -0.490 e. The minimum absolute atomic E-state index is 0.0720. The van der Waals surface area contributed by atoms with Gasteiger partial charge in [0.1, 0.15) is 17.9 Å². The number of halogens is 1. The number of para-hydroxylation sites is 1. The monoisotopic (exact) mass is 457 g/mol. The molecule has 0 aliphatic carbocycles. The van der Waals surface area contributed by atoms with E-state index in [1.807, 2.05) is 42.5 Å². The van der Waals surface area contributed by atoms with Crippen LogP contribution in [-0.4, -0.2) is 17.4 Å². The highest BCUT2D eigenvalue weighted by atomic mass is 35.5. The van der Waals surface area contributed by atoms with Gasteiger partial charge in [0, 0.05) is 11.6 Å². The van der Waals surface area contributed by atoms with Crippen molar-refractivity contribution in [1.82, 2.24) is 4.90 Å². The number of nitrogens with zero attached hydrogens (tertiary/aromatic N) is 1. The van der Waals surface area contributed by atoms with Gasteiger partial charge in [0.25, 0.3) is 5.91 Å². The molecule has 1 atom stereocenters. The standard InChI is InChI=1S/C27H20ClNO4/c1-2-15-32-19-13-11-17(12-14-19)24-23-25(30)20-8-4-6-10-22(20)33-26(23)27(31)29(24)16-18-7-3-5-9-21(18)28/h2-14,24H,1,15-16H2. The molecule has 1 amide bonds. The predicted octanol–water partition coefficient (Wildman–Crippen LogP) is 5.76. The highest BCUT2D eigenvalue weighted by Gasteiger charge is 2.42. The number of benzene rings is 3. The Kier molecular flexibility index (Phi) is 5.48. The summed E-state index contributed by atoms with van der Waals surface area (Å²) in [4.78, 5) is 28.7. The van der Waals surface area contributed by atoms with Crippen LogP contribution < -0.4 is 10.2 Å². The van der Waals surface area contributed by atoms with Crippen molar-refractivity contribution in [3.63, 3.8) is 0 Å². The van der Waals surface area contributed by atoms with Crippen molar-refractivity contribution in [1.29, 1.82) is 0 Å². The maximum atomic E-state index is 13.5. The summed E-state index contributed by atoms with van der Waals surface area (Å²) in [6.07, 6.45) is 1.67. The van der Waals surface area contributed by atoms with E-state index < -0.39 is 6.04 Å². The van der Waals surface area contributed by atoms with Crippen LogP contribution in [0.4, 0.5) is 0 Å². The molecule has 6 heteroatoms. The molecule has 4 aromatic rings. The van der Waals surface area contributed by atoms with E-state index in [2.05, 4.69) is 6.58 Å². The Balaban J connectivity index is 1.66. The van der Waals surface area contributed by atoms with Crippen molar-refractivity contribution >= 4 is 28.5 Å². The fourth-order valence-corrected chi connectivity index (χ4v) is 4.38. The number of hydrogen-bond acceptors (Lipinski definition) is 4. The second kappa shape index (κ2) is 8.60. The summed E-state index contributed by atoms with van der Waals surface area (Å²) in [5, 5.41) is 0.997. The normalized spacial score (nSPS) is 15.0. The first-order valence-electron chi connectivity index (χ1n) is 10.5. The molecule has 0 saturated heterocycles. The zero-order valence-corrected chi connectivity index (χ0v) is 18.4. The average Bonchev–Trinajstić information content (AvgIpc) is 3.11. The van der Waals surface area contributed by atoms with Gasteiger partial charge >= 0.3 is 0 Å². The number of carbonyl (C=O) groups excluding carboxylic acids is 1. The molecule has 1 aliphatic rings. The fourth-order valence-electron chi connectivity index (χ4n) is 4.19. The van der Waals surface area contributed by atoms with Gasteiger partial charge in [0.05, 0.1) is 17.0 Å². The van der Waals surface area contributed by atoms with Gasteiger partial charge < -0.3 is 14.1 Å². The fraction of sp³-hybridized carbons (Fsp3) is 0.111. The number of fused-ring (bicyclic) bond motifs is 2. The first-order valence-corrected chi connectivity index (χ1v) is 10.9. The van der Waals surface area contributed by atoms with E-state index in [4.69, 9.17) is 20.8 Å². The van der Waals surface area contributed by atoms with Crippen LogP contribution in [0.1, 0.15) is 33.3 Å². The number of amides is 1. The second-order valence-electron chi connectivity index (χ2n) is 7.77. The Hall–Kier alpha value is -3.83. The van der Waals surface area contributed by atoms with Gasteiger partial charge in [0.15, 0.2) is 5.43 Å². The topological polar surface area (TPSA) is 59.8 Å². The molecular formula is C27H20ClNO4. The van der Waals surface area contributed by atoms with Crippen LogP contribution in [0.5, 0.6) is 5.75 Å². The van der Waals surface area contributed by atoms with Crippen LogP contribution >= 0.6 is 11.6 Å². The van der Waals surface area contributed by atoms with Gasteiger partial charge in [-0.05, 0) is 41.5 Å². The molecule has 1 aromatic heterocycles. The number of rotatable bonds is 6. The molecule has 0 bridgehead atoms. The van der Waals surface area contributed by atoms with Gasteiger partial charge in [-0.1, -0.05) is 66.7 Å². The first kappa shape index (κ1) is 21.0. The molecule has 1 unspecified atom stereocenters. The molecule has 1 aliphatic heterocycles. The van der Waals surface area contributed by atoms with Gasteiger partial charge in [-0.25, -0.2) is 0 Å². The number of ether oxygens (including phenoxy) is 1. The van der Waals surface area contributed by atoms with Crippen molar-refractivity contribution in [3.8, 4) is 5.75 Å². The third-order valence-electron chi connectivity index (χ3n) is 5.74. The molecule has 0 N–H and O–H groups in total. The first-order chi connectivity index (χ1) is 16.1. The van der Waals surface area contributed by atoms with Gasteiger partial charge in [-0.2, -0.15) is 0 Å². The lowest BCUT2D eigenvalue weighted by molar-refractivity contribution is 0.0714. The number of carbonyl (C=O) groups is 1. The van der Waals surface area contributed by atoms with E-state index in [0.29, 0.717) is 33.9 Å². The van der Waals surface area contributed by atoms with Crippen LogP contribution in [0.2, 0.25) is 5.02 Å². The molecule has 3 aromatic carbocycles. The number of hydrogen-bond donors (Lipinski definition) is 0. The van der Waals surface area contributed by atoms with Crippen molar-refractivity contribution in [3.05, 3.63) is 123 Å². The molecule has 0 saturated carbocycles. The lowest BCUT2D eigenvalue weighted by Gasteiger charge is -2.25. The summed E-state index contributed by atoms with van der Waals surface area (Å²) < 4.78 is 11.6. The Morgan fingerprint density at radius 2 is 1.73 bits per heavy atom. The Morgan fingerprint density at radius 3 is 2.48 bits per heavy atom. The summed E-state index contributed by atoms with van der Waals surface area (Å²) >= 11 is 6.39. The molecule has 0 fully saturated rings. The molecule has 33 heavy (non-hydrogen) atoms. The lowest BCUT2D eigenvalue weighted by Crippen LogP contribution is -2.29. The zero-order valence-electron chi connectivity index (χ0n) is 17.7. The van der Waals surface area contributed by atoms with E-state index in [1.165, 1.54) is 0 Å². The third kappa shape index (κ3) is 3.70. The largest absolute Gasteiger partial charge is 0.490 e. The molecule has 5 rings (SSSR count). The zero-order chi connectivity index (χ0) is 22.9. The lowest BCUT2D eigenvalue weighted by atomic mass is 9.98. The highest BCUT2D eigenvalue weighted by molar-refractivity contribution is 6.31. The maximum Gasteiger partial charge on any atom is 0.291 e. The Labute approximate surface area is 195 Å². The smallest absolute Gasteiger partial charge is 0.291 e. The van der Waals surface area contributed by atoms with Gasteiger partial charge in [-0.3, -0.25) is 9.59 Å². The Morgan fingerprint density at radius 1 is 1.00 bits per heavy atom. The maximum absolute atomic E-state index is 13.5. The average molecular weight is 458 g/mol. The van der Waals surface area contributed by atoms with Crippen LogP contribution in [0.3, 0.4) is 0 Å². The van der Waals surface area contributed by atoms with Crippen LogP contribution in [0.25, 0.3) is 11.0 Å². The van der Waals surface area contributed by atoms with Crippen molar-refractivity contribution in [2.24, 2.45) is 0 Å². The van der Waals surface area contributed by atoms with Crippen molar-refractivity contribution < 1.29 is 13.9 Å². The van der Waals surface area contributed by atoms with E-state index in [9.17, 15) is 9.59 Å². The molecule has 5 nitrogen and oxygen atoms in total. The minimum atomic E-state index is -0.613. The van der Waals surface area contributed by atoms with Crippen LogP contribution in [0, 0.1) is 0 Å². The summed E-state index contributed by atoms with van der Waals surface area (Å²) in [5.74, 6) is 0.402. The van der Waals surface area contributed by atoms with Crippen molar-refractivity contribution in [2.45, 2.75) is 12.6 Å². The summed E-state index contributed by atoms with van der Waals surface area (Å²) in [6, 6.07) is 21.1. The molecule has 0 radical (unpaired) electrons.